The fraction of sp³-hybridized carbons (Fsp3) is 0.286. The molecule has 1 aromatic carbocycles. The number of benzene rings is 1. The average molecular weight is 274 g/mol. The van der Waals surface area contributed by atoms with Crippen LogP contribution in [-0.2, 0) is 17.9 Å². The smallest absolute Gasteiger partial charge is 0.239 e. The van der Waals surface area contributed by atoms with Crippen LogP contribution in [0, 0.1) is 13.8 Å². The van der Waals surface area contributed by atoms with Crippen molar-refractivity contribution in [3.8, 4) is 5.75 Å². The molecular weight excluding hydrogens is 256 g/mol. The minimum Gasteiger partial charge on any atom is -0.507 e. The Morgan fingerprint density at radius 1 is 1.40 bits per heavy atom. The van der Waals surface area contributed by atoms with Crippen LogP contribution in [0.25, 0.3) is 0 Å². The number of phenolic OH excluding ortho intramolecular Hbond substituents is 1. The number of primary amides is 1. The largest absolute Gasteiger partial charge is 0.507 e. The molecular formula is C14H18N4O2. The number of amides is 1. The molecule has 0 aliphatic rings. The Morgan fingerprint density at radius 2 is 2.05 bits per heavy atom. The summed E-state index contributed by atoms with van der Waals surface area (Å²) >= 11 is 0. The third-order valence-corrected chi connectivity index (χ3v) is 3.00. The third-order valence-electron chi connectivity index (χ3n) is 3.00. The van der Waals surface area contributed by atoms with Crippen LogP contribution in [0.3, 0.4) is 0 Å². The molecule has 0 atom stereocenters. The van der Waals surface area contributed by atoms with Gasteiger partial charge in [0, 0.05) is 12.7 Å². The Hall–Kier alpha value is -2.50. The number of phenols is 1. The maximum atomic E-state index is 10.8. The van der Waals surface area contributed by atoms with Gasteiger partial charge in [-0.2, -0.15) is 5.10 Å². The highest BCUT2D eigenvalue weighted by molar-refractivity contribution is 5.73. The third kappa shape index (κ3) is 3.28. The predicted octanol–water partition coefficient (Wildman–Crippen LogP) is 1.30. The van der Waals surface area contributed by atoms with Crippen LogP contribution >= 0.6 is 0 Å². The van der Waals surface area contributed by atoms with E-state index in [4.69, 9.17) is 5.73 Å². The first-order valence-electron chi connectivity index (χ1n) is 6.29. The van der Waals surface area contributed by atoms with Crippen molar-refractivity contribution in [3.05, 3.63) is 41.2 Å². The molecule has 1 amide bonds. The zero-order valence-electron chi connectivity index (χ0n) is 11.6. The minimum absolute atomic E-state index is 0.0686. The summed E-state index contributed by atoms with van der Waals surface area (Å²) in [6.45, 7) is 4.43. The standard InChI is InChI=1S/C14H18N4O2/c1-9-3-11(4-10(2)14(9)20)5-16-12-6-17-18(7-12)8-13(15)19/h3-4,6-7,16,20H,5,8H2,1-2H3,(H2,15,19). The summed E-state index contributed by atoms with van der Waals surface area (Å²) in [5.41, 5.74) is 8.69. The molecule has 0 aliphatic heterocycles. The van der Waals surface area contributed by atoms with Crippen LogP contribution in [0.15, 0.2) is 24.5 Å². The maximum absolute atomic E-state index is 10.8. The molecule has 2 aromatic rings. The van der Waals surface area contributed by atoms with Gasteiger partial charge in [0.05, 0.1) is 11.9 Å². The molecule has 0 aliphatic carbocycles. The molecule has 1 heterocycles. The zero-order valence-corrected chi connectivity index (χ0v) is 11.6. The van der Waals surface area contributed by atoms with E-state index in [9.17, 15) is 9.90 Å². The van der Waals surface area contributed by atoms with Crippen LogP contribution in [0.5, 0.6) is 5.75 Å². The summed E-state index contributed by atoms with van der Waals surface area (Å²) in [6.07, 6.45) is 3.37. The van der Waals surface area contributed by atoms with Gasteiger partial charge < -0.3 is 16.2 Å². The van der Waals surface area contributed by atoms with E-state index in [1.54, 1.807) is 12.4 Å². The number of nitrogens with one attached hydrogen (secondary N) is 1. The molecule has 0 spiro atoms. The molecule has 0 radical (unpaired) electrons. The van der Waals surface area contributed by atoms with E-state index < -0.39 is 5.91 Å². The number of anilines is 1. The van der Waals surface area contributed by atoms with Crippen molar-refractivity contribution in [2.45, 2.75) is 26.9 Å². The molecule has 4 N–H and O–H groups in total. The van der Waals surface area contributed by atoms with Crippen molar-refractivity contribution in [2.75, 3.05) is 5.32 Å². The molecule has 6 heteroatoms. The lowest BCUT2D eigenvalue weighted by Crippen LogP contribution is -2.18. The monoisotopic (exact) mass is 274 g/mol. The summed E-state index contributed by atoms with van der Waals surface area (Å²) in [4.78, 5) is 10.8. The fourth-order valence-electron chi connectivity index (χ4n) is 2.05. The van der Waals surface area contributed by atoms with Gasteiger partial charge in [-0.3, -0.25) is 9.48 Å². The number of rotatable bonds is 5. The van der Waals surface area contributed by atoms with E-state index in [1.807, 2.05) is 26.0 Å². The second-order valence-electron chi connectivity index (χ2n) is 4.82. The molecule has 106 valence electrons. The van der Waals surface area contributed by atoms with Crippen molar-refractivity contribution in [1.82, 2.24) is 9.78 Å². The highest BCUT2D eigenvalue weighted by Crippen LogP contribution is 2.23. The molecule has 0 saturated carbocycles. The lowest BCUT2D eigenvalue weighted by Gasteiger charge is -2.08. The highest BCUT2D eigenvalue weighted by Gasteiger charge is 2.05. The number of carbonyl (C=O) groups excluding carboxylic acids is 1. The number of aromatic hydroxyl groups is 1. The van der Waals surface area contributed by atoms with Gasteiger partial charge in [0.2, 0.25) is 5.91 Å². The molecule has 1 aromatic heterocycles. The van der Waals surface area contributed by atoms with Crippen LogP contribution < -0.4 is 11.1 Å². The average Bonchev–Trinajstić information content (AvgIpc) is 2.80. The molecule has 2 rings (SSSR count). The Labute approximate surface area is 117 Å². The summed E-state index contributed by atoms with van der Waals surface area (Å²) in [6, 6.07) is 3.87. The van der Waals surface area contributed by atoms with Crippen molar-refractivity contribution in [1.29, 1.82) is 0 Å². The number of nitrogens with two attached hydrogens (primary N) is 1. The number of aryl methyl sites for hydroxylation is 2. The zero-order chi connectivity index (χ0) is 14.7. The number of nitrogens with zero attached hydrogens (tertiary/aromatic N) is 2. The van der Waals surface area contributed by atoms with E-state index in [1.165, 1.54) is 4.68 Å². The highest BCUT2D eigenvalue weighted by atomic mass is 16.3. The van der Waals surface area contributed by atoms with Gasteiger partial charge in [0.1, 0.15) is 12.3 Å². The lowest BCUT2D eigenvalue weighted by atomic mass is 10.1. The SMILES string of the molecule is Cc1cc(CNc2cnn(CC(N)=O)c2)cc(C)c1O. The molecule has 0 unspecified atom stereocenters. The fourth-order valence-corrected chi connectivity index (χ4v) is 2.05. The van der Waals surface area contributed by atoms with E-state index in [-0.39, 0.29) is 6.54 Å². The van der Waals surface area contributed by atoms with Gasteiger partial charge in [0.25, 0.3) is 0 Å². The first-order valence-corrected chi connectivity index (χ1v) is 6.29. The first kappa shape index (κ1) is 13.9. The van der Waals surface area contributed by atoms with Gasteiger partial charge in [-0.05, 0) is 30.5 Å². The Morgan fingerprint density at radius 3 is 2.65 bits per heavy atom. The predicted molar refractivity (Wildman–Crippen MR) is 76.3 cm³/mol. The Bertz CT molecular complexity index is 611. The lowest BCUT2D eigenvalue weighted by molar-refractivity contribution is -0.118. The Kier molecular flexibility index (Phi) is 3.93. The number of hydrogen-bond acceptors (Lipinski definition) is 4. The Balaban J connectivity index is 2.02. The normalized spacial score (nSPS) is 10.5. The quantitative estimate of drug-likeness (QED) is 0.766. The van der Waals surface area contributed by atoms with Crippen LogP contribution in [0.2, 0.25) is 0 Å². The maximum Gasteiger partial charge on any atom is 0.239 e. The van der Waals surface area contributed by atoms with E-state index in [0.717, 1.165) is 22.4 Å². The number of hydrogen-bond donors (Lipinski definition) is 3. The summed E-state index contributed by atoms with van der Waals surface area (Å²) in [5, 5.41) is 17.0. The summed E-state index contributed by atoms with van der Waals surface area (Å²) < 4.78 is 1.48. The van der Waals surface area contributed by atoms with Crippen LogP contribution in [0.1, 0.15) is 16.7 Å². The molecule has 0 saturated heterocycles. The molecule has 0 fully saturated rings. The van der Waals surface area contributed by atoms with Crippen molar-refractivity contribution in [2.24, 2.45) is 5.73 Å². The van der Waals surface area contributed by atoms with Gasteiger partial charge in [0.15, 0.2) is 0 Å². The van der Waals surface area contributed by atoms with Crippen molar-refractivity contribution < 1.29 is 9.90 Å². The van der Waals surface area contributed by atoms with E-state index in [0.29, 0.717) is 12.3 Å². The van der Waals surface area contributed by atoms with Crippen molar-refractivity contribution >= 4 is 11.6 Å². The van der Waals surface area contributed by atoms with Crippen molar-refractivity contribution in [3.63, 3.8) is 0 Å². The van der Waals surface area contributed by atoms with Gasteiger partial charge >= 0.3 is 0 Å². The van der Waals surface area contributed by atoms with Gasteiger partial charge in [-0.1, -0.05) is 12.1 Å². The summed E-state index contributed by atoms with van der Waals surface area (Å²) in [7, 11) is 0. The van der Waals surface area contributed by atoms with E-state index in [2.05, 4.69) is 10.4 Å². The topological polar surface area (TPSA) is 93.2 Å². The first-order chi connectivity index (χ1) is 9.45. The van der Waals surface area contributed by atoms with Gasteiger partial charge in [-0.25, -0.2) is 0 Å². The molecule has 0 bridgehead atoms. The number of aromatic nitrogens is 2. The van der Waals surface area contributed by atoms with Crippen LogP contribution in [0.4, 0.5) is 5.69 Å². The summed E-state index contributed by atoms with van der Waals surface area (Å²) in [5.74, 6) is -0.0903. The van der Waals surface area contributed by atoms with Gasteiger partial charge in [-0.15, -0.1) is 0 Å². The van der Waals surface area contributed by atoms with E-state index >= 15 is 0 Å². The second-order valence-corrected chi connectivity index (χ2v) is 4.82. The molecule has 20 heavy (non-hydrogen) atoms. The second kappa shape index (κ2) is 5.64. The minimum atomic E-state index is -0.426. The van der Waals surface area contributed by atoms with Crippen LogP contribution in [-0.4, -0.2) is 20.8 Å². The number of carbonyl (C=O) groups is 1. The molecule has 6 nitrogen and oxygen atoms in total.